The molecule has 2 amide bonds. The second-order valence-corrected chi connectivity index (χ2v) is 7.59. The van der Waals surface area contributed by atoms with Crippen molar-refractivity contribution >= 4 is 17.5 Å². The molecule has 3 aromatic rings. The number of rotatable bonds is 5. The molecule has 2 aromatic heterocycles. The van der Waals surface area contributed by atoms with Gasteiger partial charge in [-0.15, -0.1) is 0 Å². The van der Waals surface area contributed by atoms with E-state index in [1.54, 1.807) is 16.6 Å². The lowest BCUT2D eigenvalue weighted by molar-refractivity contribution is -0.136. The molecule has 1 aliphatic rings. The highest BCUT2D eigenvalue weighted by atomic mass is 19.3. The van der Waals surface area contributed by atoms with Gasteiger partial charge in [0.1, 0.15) is 12.4 Å². The van der Waals surface area contributed by atoms with Crippen LogP contribution in [0.4, 0.5) is 8.78 Å². The van der Waals surface area contributed by atoms with Crippen molar-refractivity contribution in [1.82, 2.24) is 24.8 Å². The minimum absolute atomic E-state index is 0.0797. The average molecular weight is 428 g/mol. The monoisotopic (exact) mass is 428 g/mol. The predicted molar refractivity (Wildman–Crippen MR) is 109 cm³/mol. The minimum Gasteiger partial charge on any atom is -0.359 e. The molecule has 1 aromatic carbocycles. The fourth-order valence-electron chi connectivity index (χ4n) is 3.83. The van der Waals surface area contributed by atoms with E-state index >= 15 is 0 Å². The summed E-state index contributed by atoms with van der Waals surface area (Å²) >= 11 is 0. The second-order valence-electron chi connectivity index (χ2n) is 7.59. The van der Waals surface area contributed by atoms with Gasteiger partial charge in [-0.2, -0.15) is 5.10 Å². The number of nitrogens with one attached hydrogen (secondary N) is 1. The van der Waals surface area contributed by atoms with Crippen LogP contribution in [0.15, 0.2) is 48.9 Å². The second kappa shape index (κ2) is 8.03. The van der Waals surface area contributed by atoms with E-state index in [-0.39, 0.29) is 6.54 Å². The summed E-state index contributed by atoms with van der Waals surface area (Å²) in [6.07, 6.45) is 2.89. The number of carbonyl (C=O) groups is 2. The van der Waals surface area contributed by atoms with Gasteiger partial charge >= 0.3 is 0 Å². The number of likely N-dealkylation sites (N-methyl/N-ethyl adjacent to an activating group) is 1. The third-order valence-electron chi connectivity index (χ3n) is 5.53. The smallest absolute Gasteiger partial charge is 0.267 e. The van der Waals surface area contributed by atoms with Gasteiger partial charge in [0.15, 0.2) is 5.65 Å². The number of amides is 2. The fourth-order valence-corrected chi connectivity index (χ4v) is 3.83. The zero-order valence-corrected chi connectivity index (χ0v) is 16.8. The summed E-state index contributed by atoms with van der Waals surface area (Å²) in [7, 11) is 1.44. The Kier molecular flexibility index (Phi) is 5.40. The van der Waals surface area contributed by atoms with E-state index in [9.17, 15) is 18.4 Å². The minimum atomic E-state index is -2.93. The summed E-state index contributed by atoms with van der Waals surface area (Å²) in [5.41, 5.74) is 9.13. The highest BCUT2D eigenvalue weighted by Gasteiger charge is 2.43. The highest BCUT2D eigenvalue weighted by Crippen LogP contribution is 2.30. The third kappa shape index (κ3) is 4.11. The van der Waals surface area contributed by atoms with Crippen LogP contribution in [-0.2, 0) is 9.59 Å². The Morgan fingerprint density at radius 2 is 1.87 bits per heavy atom. The molecular formula is C21H22F2N6O2. The molecule has 4 rings (SSSR count). The molecule has 8 nitrogen and oxygen atoms in total. The van der Waals surface area contributed by atoms with E-state index in [0.29, 0.717) is 5.56 Å². The van der Waals surface area contributed by atoms with Gasteiger partial charge in [0, 0.05) is 31.8 Å². The molecule has 162 valence electrons. The van der Waals surface area contributed by atoms with Crippen molar-refractivity contribution in [3.8, 4) is 11.1 Å². The molecule has 0 spiro atoms. The molecule has 2 unspecified atom stereocenters. The van der Waals surface area contributed by atoms with E-state index in [1.807, 2.05) is 30.5 Å². The third-order valence-corrected chi connectivity index (χ3v) is 5.53. The molecule has 0 radical (unpaired) electrons. The Labute approximate surface area is 177 Å². The molecule has 0 saturated carbocycles. The van der Waals surface area contributed by atoms with Gasteiger partial charge in [0.05, 0.1) is 12.5 Å². The number of aromatic nitrogens is 3. The molecular weight excluding hydrogens is 406 g/mol. The summed E-state index contributed by atoms with van der Waals surface area (Å²) in [5, 5.41) is 6.63. The van der Waals surface area contributed by atoms with Gasteiger partial charge in [-0.1, -0.05) is 24.3 Å². The Morgan fingerprint density at radius 3 is 2.52 bits per heavy atom. The summed E-state index contributed by atoms with van der Waals surface area (Å²) in [5.74, 6) is -5.04. The first-order valence-corrected chi connectivity index (χ1v) is 9.82. The van der Waals surface area contributed by atoms with Crippen molar-refractivity contribution in [2.45, 2.75) is 24.3 Å². The predicted octanol–water partition coefficient (Wildman–Crippen LogP) is 1.42. The topological polar surface area (TPSA) is 106 Å². The number of likely N-dealkylation sites (tertiary alicyclic amines) is 1. The van der Waals surface area contributed by atoms with E-state index in [0.717, 1.165) is 21.7 Å². The molecule has 1 saturated heterocycles. The maximum atomic E-state index is 13.5. The van der Waals surface area contributed by atoms with E-state index in [4.69, 9.17) is 5.73 Å². The number of hydrogen-bond acceptors (Lipinski definition) is 5. The number of nitrogens with two attached hydrogens (primary N) is 1. The van der Waals surface area contributed by atoms with Crippen LogP contribution in [0.3, 0.4) is 0 Å². The lowest BCUT2D eigenvalue weighted by Gasteiger charge is -2.26. The first-order chi connectivity index (χ1) is 14.8. The van der Waals surface area contributed by atoms with Crippen molar-refractivity contribution < 1.29 is 18.4 Å². The molecule has 3 heterocycles. The number of alkyl halides is 2. The summed E-state index contributed by atoms with van der Waals surface area (Å²) < 4.78 is 28.7. The Hall–Kier alpha value is -3.40. The molecule has 2 atom stereocenters. The first-order valence-electron chi connectivity index (χ1n) is 9.82. The van der Waals surface area contributed by atoms with Crippen LogP contribution in [0.2, 0.25) is 0 Å². The van der Waals surface area contributed by atoms with Crippen LogP contribution >= 0.6 is 0 Å². The van der Waals surface area contributed by atoms with Crippen LogP contribution in [0.5, 0.6) is 0 Å². The molecule has 10 heteroatoms. The average Bonchev–Trinajstić information content (AvgIpc) is 3.38. The van der Waals surface area contributed by atoms with Gasteiger partial charge in [0.2, 0.25) is 11.8 Å². The number of hydrogen-bond donors (Lipinski definition) is 2. The van der Waals surface area contributed by atoms with E-state index < -0.39 is 42.7 Å². The number of benzene rings is 1. The zero-order valence-electron chi connectivity index (χ0n) is 16.8. The first kappa shape index (κ1) is 20.9. The highest BCUT2D eigenvalue weighted by molar-refractivity contribution is 5.93. The van der Waals surface area contributed by atoms with Crippen LogP contribution in [0.25, 0.3) is 16.8 Å². The van der Waals surface area contributed by atoms with Gasteiger partial charge in [-0.3, -0.25) is 9.59 Å². The quantitative estimate of drug-likeness (QED) is 0.640. The van der Waals surface area contributed by atoms with E-state index in [1.165, 1.54) is 13.4 Å². The van der Waals surface area contributed by atoms with Crippen LogP contribution in [-0.4, -0.2) is 63.4 Å². The summed E-state index contributed by atoms with van der Waals surface area (Å²) in [6.45, 7) is -0.757. The van der Waals surface area contributed by atoms with Crippen molar-refractivity contribution in [3.63, 3.8) is 0 Å². The van der Waals surface area contributed by atoms with E-state index in [2.05, 4.69) is 15.4 Å². The van der Waals surface area contributed by atoms with Gasteiger partial charge < -0.3 is 16.0 Å². The SMILES string of the molecule is CNC(=O)C(c1ccc(-c2ccc3ncnn3c2)cc1)C(N)C(=O)N1CCC(F)(F)C1. The normalized spacial score (nSPS) is 17.5. The number of carbonyl (C=O) groups excluding carboxylic acids is 2. The molecule has 0 bridgehead atoms. The molecule has 3 N–H and O–H groups in total. The van der Waals surface area contributed by atoms with Crippen LogP contribution < -0.4 is 11.1 Å². The van der Waals surface area contributed by atoms with Crippen molar-refractivity contribution in [1.29, 1.82) is 0 Å². The molecule has 31 heavy (non-hydrogen) atoms. The number of nitrogens with zero attached hydrogens (tertiary/aromatic N) is 4. The standard InChI is InChI=1S/C21H22F2N6O2/c1-25-19(30)17(18(24)20(31)28-9-8-21(22,23)11-28)14-4-2-13(3-5-14)15-6-7-16-26-12-27-29(16)10-15/h2-7,10,12,17-18H,8-9,11,24H2,1H3,(H,25,30). The Morgan fingerprint density at radius 1 is 1.16 bits per heavy atom. The van der Waals surface area contributed by atoms with Crippen molar-refractivity contribution in [3.05, 3.63) is 54.5 Å². The maximum absolute atomic E-state index is 13.5. The van der Waals surface area contributed by atoms with Gasteiger partial charge in [-0.05, 0) is 23.3 Å². The number of fused-ring (bicyclic) bond motifs is 1. The van der Waals surface area contributed by atoms with Crippen LogP contribution in [0.1, 0.15) is 17.9 Å². The lowest BCUT2D eigenvalue weighted by Crippen LogP contribution is -2.50. The number of halogens is 2. The Balaban J connectivity index is 1.59. The van der Waals surface area contributed by atoms with Gasteiger partial charge in [-0.25, -0.2) is 18.3 Å². The lowest BCUT2D eigenvalue weighted by atomic mass is 9.89. The Bertz CT molecular complexity index is 1110. The van der Waals surface area contributed by atoms with Crippen molar-refractivity contribution in [2.24, 2.45) is 5.73 Å². The summed E-state index contributed by atoms with van der Waals surface area (Å²) in [4.78, 5) is 30.4. The van der Waals surface area contributed by atoms with Crippen LogP contribution in [0, 0.1) is 0 Å². The van der Waals surface area contributed by atoms with Crippen molar-refractivity contribution in [2.75, 3.05) is 20.1 Å². The molecule has 1 aliphatic heterocycles. The fraction of sp³-hybridized carbons (Fsp3) is 0.333. The largest absolute Gasteiger partial charge is 0.359 e. The summed E-state index contributed by atoms with van der Waals surface area (Å²) in [6, 6.07) is 9.52. The van der Waals surface area contributed by atoms with Gasteiger partial charge in [0.25, 0.3) is 5.92 Å². The number of pyridine rings is 1. The zero-order chi connectivity index (χ0) is 22.2. The molecule has 0 aliphatic carbocycles. The molecule has 1 fully saturated rings. The maximum Gasteiger partial charge on any atom is 0.267 e.